The first-order chi connectivity index (χ1) is 11.2. The minimum atomic E-state index is -3.69. The van der Waals surface area contributed by atoms with Crippen LogP contribution in [0.2, 0.25) is 0 Å². The Labute approximate surface area is 144 Å². The van der Waals surface area contributed by atoms with Gasteiger partial charge in [0, 0.05) is 20.1 Å². The van der Waals surface area contributed by atoms with Gasteiger partial charge in [0.15, 0.2) is 0 Å². The number of carbonyl (C=O) groups is 1. The van der Waals surface area contributed by atoms with Gasteiger partial charge in [0.1, 0.15) is 5.75 Å². The molecule has 2 rings (SSSR count). The number of sulfonamides is 1. The zero-order chi connectivity index (χ0) is 17.9. The third kappa shape index (κ3) is 4.27. The molecule has 1 aliphatic rings. The lowest BCUT2D eigenvalue weighted by molar-refractivity contribution is -0.133. The van der Waals surface area contributed by atoms with Crippen molar-refractivity contribution < 1.29 is 17.9 Å². The van der Waals surface area contributed by atoms with E-state index in [0.717, 1.165) is 10.7 Å². The first kappa shape index (κ1) is 18.7. The van der Waals surface area contributed by atoms with Crippen LogP contribution in [0.15, 0.2) is 29.2 Å². The average Bonchev–Trinajstić information content (AvgIpc) is 2.53. The molecule has 1 aromatic rings. The molecule has 1 aromatic carbocycles. The van der Waals surface area contributed by atoms with Crippen molar-refractivity contribution in [2.24, 2.45) is 11.8 Å². The quantitative estimate of drug-likeness (QED) is 0.809. The lowest BCUT2D eigenvalue weighted by Crippen LogP contribution is -2.47. The average molecular weight is 354 g/mol. The third-order valence-electron chi connectivity index (χ3n) is 4.35. The SMILES string of the molecule is COc1ccc(S(=O)(=O)N(C)CC(=O)N2CC(C)CC(C)C2)cc1. The number of ether oxygens (including phenoxy) is 1. The number of likely N-dealkylation sites (tertiary alicyclic amines) is 1. The molecule has 1 aliphatic heterocycles. The molecule has 0 spiro atoms. The Morgan fingerprint density at radius 3 is 2.25 bits per heavy atom. The van der Waals surface area contributed by atoms with Crippen LogP contribution in [0.1, 0.15) is 20.3 Å². The van der Waals surface area contributed by atoms with E-state index in [1.807, 2.05) is 0 Å². The van der Waals surface area contributed by atoms with Crippen molar-refractivity contribution in [3.63, 3.8) is 0 Å². The molecule has 24 heavy (non-hydrogen) atoms. The van der Waals surface area contributed by atoms with E-state index in [4.69, 9.17) is 4.74 Å². The van der Waals surface area contributed by atoms with Gasteiger partial charge in [-0.25, -0.2) is 8.42 Å². The predicted molar refractivity (Wildman–Crippen MR) is 92.3 cm³/mol. The van der Waals surface area contributed by atoms with Gasteiger partial charge in [-0.3, -0.25) is 4.79 Å². The highest BCUT2D eigenvalue weighted by molar-refractivity contribution is 7.89. The highest BCUT2D eigenvalue weighted by atomic mass is 32.2. The molecule has 0 bridgehead atoms. The molecule has 1 amide bonds. The second kappa shape index (κ2) is 7.53. The first-order valence-corrected chi connectivity index (χ1v) is 9.56. The van der Waals surface area contributed by atoms with Gasteiger partial charge in [0.2, 0.25) is 15.9 Å². The summed E-state index contributed by atoms with van der Waals surface area (Å²) in [5.74, 6) is 1.33. The van der Waals surface area contributed by atoms with Crippen LogP contribution in [0, 0.1) is 11.8 Å². The van der Waals surface area contributed by atoms with Crippen LogP contribution in [-0.4, -0.2) is 57.3 Å². The Morgan fingerprint density at radius 2 is 1.75 bits per heavy atom. The molecule has 0 saturated carbocycles. The molecule has 7 heteroatoms. The largest absolute Gasteiger partial charge is 0.497 e. The van der Waals surface area contributed by atoms with Gasteiger partial charge in [0.25, 0.3) is 0 Å². The molecule has 1 saturated heterocycles. The van der Waals surface area contributed by atoms with E-state index in [-0.39, 0.29) is 17.3 Å². The lowest BCUT2D eigenvalue weighted by Gasteiger charge is -2.35. The summed E-state index contributed by atoms with van der Waals surface area (Å²) >= 11 is 0. The van der Waals surface area contributed by atoms with Crippen molar-refractivity contribution >= 4 is 15.9 Å². The smallest absolute Gasteiger partial charge is 0.243 e. The number of methoxy groups -OCH3 is 1. The maximum atomic E-state index is 12.6. The topological polar surface area (TPSA) is 66.9 Å². The number of benzene rings is 1. The molecule has 0 aliphatic carbocycles. The second-order valence-corrected chi connectivity index (χ2v) is 8.73. The number of hydrogen-bond acceptors (Lipinski definition) is 4. The Bertz CT molecular complexity index is 662. The highest BCUT2D eigenvalue weighted by Gasteiger charge is 2.29. The van der Waals surface area contributed by atoms with E-state index in [1.54, 1.807) is 17.0 Å². The fourth-order valence-electron chi connectivity index (χ4n) is 3.17. The molecular weight excluding hydrogens is 328 g/mol. The summed E-state index contributed by atoms with van der Waals surface area (Å²) in [6.07, 6.45) is 1.10. The number of likely N-dealkylation sites (N-methyl/N-ethyl adjacent to an activating group) is 1. The molecule has 6 nitrogen and oxygen atoms in total. The minimum absolute atomic E-state index is 0.145. The van der Waals surface area contributed by atoms with Crippen molar-refractivity contribution in [2.45, 2.75) is 25.2 Å². The monoisotopic (exact) mass is 354 g/mol. The third-order valence-corrected chi connectivity index (χ3v) is 6.16. The maximum absolute atomic E-state index is 12.6. The van der Waals surface area contributed by atoms with Crippen molar-refractivity contribution in [1.82, 2.24) is 9.21 Å². The summed E-state index contributed by atoms with van der Waals surface area (Å²) in [6, 6.07) is 6.16. The normalized spacial score (nSPS) is 21.8. The fraction of sp³-hybridized carbons (Fsp3) is 0.588. The van der Waals surface area contributed by atoms with E-state index in [0.29, 0.717) is 30.7 Å². The van der Waals surface area contributed by atoms with Gasteiger partial charge in [-0.1, -0.05) is 13.8 Å². The molecule has 134 valence electrons. The standard InChI is InChI=1S/C17H26N2O4S/c1-13-9-14(2)11-19(10-13)17(20)12-18(3)24(21,22)16-7-5-15(23-4)6-8-16/h5-8,13-14H,9-12H2,1-4H3. The van der Waals surface area contributed by atoms with Crippen LogP contribution in [0.3, 0.4) is 0 Å². The van der Waals surface area contributed by atoms with Gasteiger partial charge >= 0.3 is 0 Å². The Balaban J connectivity index is 2.06. The molecule has 0 aromatic heterocycles. The van der Waals surface area contributed by atoms with Crippen LogP contribution in [0.25, 0.3) is 0 Å². The number of piperidine rings is 1. The number of nitrogens with zero attached hydrogens (tertiary/aromatic N) is 2. The van der Waals surface area contributed by atoms with Gasteiger partial charge in [0.05, 0.1) is 18.6 Å². The van der Waals surface area contributed by atoms with Crippen LogP contribution < -0.4 is 4.74 Å². The summed E-state index contributed by atoms with van der Waals surface area (Å²) in [4.78, 5) is 14.4. The van der Waals surface area contributed by atoms with Gasteiger partial charge in [-0.05, 0) is 42.5 Å². The summed E-state index contributed by atoms with van der Waals surface area (Å²) in [5, 5.41) is 0. The summed E-state index contributed by atoms with van der Waals surface area (Å²) in [6.45, 7) is 5.48. The van der Waals surface area contributed by atoms with E-state index < -0.39 is 10.0 Å². The molecule has 1 heterocycles. The summed E-state index contributed by atoms with van der Waals surface area (Å²) in [5.41, 5.74) is 0. The summed E-state index contributed by atoms with van der Waals surface area (Å²) < 4.78 is 31.3. The Hall–Kier alpha value is -1.60. The van der Waals surface area contributed by atoms with Gasteiger partial charge < -0.3 is 9.64 Å². The molecule has 2 atom stereocenters. The summed E-state index contributed by atoms with van der Waals surface area (Å²) in [7, 11) is -0.733. The fourth-order valence-corrected chi connectivity index (χ4v) is 4.29. The zero-order valence-corrected chi connectivity index (χ0v) is 15.5. The van der Waals surface area contributed by atoms with Gasteiger partial charge in [-0.15, -0.1) is 0 Å². The molecular formula is C17H26N2O4S. The number of amides is 1. The molecule has 0 N–H and O–H groups in total. The van der Waals surface area contributed by atoms with E-state index >= 15 is 0 Å². The highest BCUT2D eigenvalue weighted by Crippen LogP contribution is 2.22. The first-order valence-electron chi connectivity index (χ1n) is 8.12. The Morgan fingerprint density at radius 1 is 1.21 bits per heavy atom. The van der Waals surface area contributed by atoms with Crippen LogP contribution >= 0.6 is 0 Å². The second-order valence-electron chi connectivity index (χ2n) is 6.68. The number of carbonyl (C=O) groups excluding carboxylic acids is 1. The lowest BCUT2D eigenvalue weighted by atomic mass is 9.92. The van der Waals surface area contributed by atoms with E-state index in [1.165, 1.54) is 26.3 Å². The zero-order valence-electron chi connectivity index (χ0n) is 14.7. The Kier molecular flexibility index (Phi) is 5.87. The predicted octanol–water partition coefficient (Wildman–Crippen LogP) is 1.82. The van der Waals surface area contributed by atoms with Crippen molar-refractivity contribution in [1.29, 1.82) is 0 Å². The van der Waals surface area contributed by atoms with Gasteiger partial charge in [-0.2, -0.15) is 4.31 Å². The van der Waals surface area contributed by atoms with Crippen molar-refractivity contribution in [3.8, 4) is 5.75 Å². The number of hydrogen-bond donors (Lipinski definition) is 0. The van der Waals surface area contributed by atoms with E-state index in [9.17, 15) is 13.2 Å². The van der Waals surface area contributed by atoms with Crippen LogP contribution in [-0.2, 0) is 14.8 Å². The minimum Gasteiger partial charge on any atom is -0.497 e. The maximum Gasteiger partial charge on any atom is 0.243 e. The van der Waals surface area contributed by atoms with Crippen LogP contribution in [0.4, 0.5) is 0 Å². The van der Waals surface area contributed by atoms with Crippen LogP contribution in [0.5, 0.6) is 5.75 Å². The molecule has 2 unspecified atom stereocenters. The van der Waals surface area contributed by atoms with Crippen molar-refractivity contribution in [2.75, 3.05) is 33.8 Å². The van der Waals surface area contributed by atoms with Crippen molar-refractivity contribution in [3.05, 3.63) is 24.3 Å². The molecule has 1 fully saturated rings. The number of rotatable bonds is 5. The molecule has 0 radical (unpaired) electrons. The van der Waals surface area contributed by atoms with E-state index in [2.05, 4.69) is 13.8 Å².